The van der Waals surface area contributed by atoms with E-state index < -0.39 is 12.0 Å². The molecule has 1 fully saturated rings. The lowest BCUT2D eigenvalue weighted by Gasteiger charge is -2.32. The van der Waals surface area contributed by atoms with E-state index in [9.17, 15) is 19.5 Å². The van der Waals surface area contributed by atoms with Crippen molar-refractivity contribution in [1.29, 1.82) is 0 Å². The van der Waals surface area contributed by atoms with Crippen LogP contribution in [0.3, 0.4) is 0 Å². The fraction of sp³-hybridized carbons (Fsp3) is 0.706. The number of nitrogens with zero attached hydrogens (tertiary/aromatic N) is 1. The zero-order chi connectivity index (χ0) is 18.1. The fourth-order valence-electron chi connectivity index (χ4n) is 2.61. The Morgan fingerprint density at radius 3 is 2.67 bits per heavy atom. The molecule has 1 aliphatic heterocycles. The molecule has 136 valence electrons. The molecule has 0 aromatic rings. The van der Waals surface area contributed by atoms with E-state index in [2.05, 4.69) is 17.2 Å². The minimum absolute atomic E-state index is 0.164. The van der Waals surface area contributed by atoms with Gasteiger partial charge in [0.05, 0.1) is 5.92 Å². The van der Waals surface area contributed by atoms with E-state index in [0.29, 0.717) is 44.8 Å². The average Bonchev–Trinajstić information content (AvgIpc) is 2.55. The van der Waals surface area contributed by atoms with Crippen LogP contribution in [0.2, 0.25) is 0 Å². The first kappa shape index (κ1) is 20.0. The largest absolute Gasteiger partial charge is 0.480 e. The lowest BCUT2D eigenvalue weighted by atomic mass is 9.96. The van der Waals surface area contributed by atoms with Crippen molar-refractivity contribution in [1.82, 2.24) is 15.5 Å². The first-order valence-electron chi connectivity index (χ1n) is 8.52. The van der Waals surface area contributed by atoms with E-state index in [-0.39, 0.29) is 17.9 Å². The Bertz CT molecular complexity index is 465. The molecule has 7 heteroatoms. The van der Waals surface area contributed by atoms with Gasteiger partial charge in [-0.15, -0.1) is 6.58 Å². The number of carboxylic acid groups (broad SMARTS) is 1. The summed E-state index contributed by atoms with van der Waals surface area (Å²) in [6.07, 6.45) is 3.86. The van der Waals surface area contributed by atoms with Gasteiger partial charge in [-0.3, -0.25) is 4.79 Å². The molecule has 1 aliphatic rings. The Balaban J connectivity index is 2.55. The highest BCUT2D eigenvalue weighted by atomic mass is 16.4. The van der Waals surface area contributed by atoms with Gasteiger partial charge in [-0.05, 0) is 31.6 Å². The monoisotopic (exact) mass is 339 g/mol. The molecular weight excluding hydrogens is 310 g/mol. The molecule has 2 atom stereocenters. The zero-order valence-electron chi connectivity index (χ0n) is 14.6. The maximum atomic E-state index is 12.4. The number of piperidine rings is 1. The van der Waals surface area contributed by atoms with Crippen LogP contribution in [-0.4, -0.2) is 53.6 Å². The third kappa shape index (κ3) is 6.60. The number of hydrogen-bond acceptors (Lipinski definition) is 3. The second kappa shape index (κ2) is 9.95. The molecule has 24 heavy (non-hydrogen) atoms. The Morgan fingerprint density at radius 2 is 2.08 bits per heavy atom. The number of hydrogen-bond donors (Lipinski definition) is 3. The summed E-state index contributed by atoms with van der Waals surface area (Å²) >= 11 is 0. The van der Waals surface area contributed by atoms with Crippen LogP contribution in [0.1, 0.15) is 39.5 Å². The molecule has 0 aliphatic carbocycles. The van der Waals surface area contributed by atoms with Gasteiger partial charge in [0.1, 0.15) is 6.04 Å². The van der Waals surface area contributed by atoms with Gasteiger partial charge in [0.15, 0.2) is 0 Å². The highest BCUT2D eigenvalue weighted by Gasteiger charge is 2.30. The average molecular weight is 339 g/mol. The molecule has 7 nitrogen and oxygen atoms in total. The van der Waals surface area contributed by atoms with Crippen molar-refractivity contribution in [3.63, 3.8) is 0 Å². The van der Waals surface area contributed by atoms with Gasteiger partial charge in [-0.1, -0.05) is 19.9 Å². The van der Waals surface area contributed by atoms with Crippen LogP contribution >= 0.6 is 0 Å². The molecule has 0 aromatic carbocycles. The van der Waals surface area contributed by atoms with Gasteiger partial charge in [0.25, 0.3) is 0 Å². The lowest BCUT2D eigenvalue weighted by Crippen LogP contribution is -2.51. The molecule has 0 spiro atoms. The maximum absolute atomic E-state index is 12.4. The molecule has 2 unspecified atom stereocenters. The molecular formula is C17H29N3O4. The quantitative estimate of drug-likeness (QED) is 0.585. The normalized spacial score (nSPS) is 18.8. The van der Waals surface area contributed by atoms with Crippen molar-refractivity contribution in [3.8, 4) is 0 Å². The number of rotatable bonds is 8. The van der Waals surface area contributed by atoms with Crippen molar-refractivity contribution in [3.05, 3.63) is 12.7 Å². The van der Waals surface area contributed by atoms with Gasteiger partial charge in [0, 0.05) is 19.6 Å². The van der Waals surface area contributed by atoms with E-state index in [0.717, 1.165) is 6.42 Å². The zero-order valence-corrected chi connectivity index (χ0v) is 14.6. The first-order valence-corrected chi connectivity index (χ1v) is 8.52. The van der Waals surface area contributed by atoms with Crippen molar-refractivity contribution in [2.75, 3.05) is 19.6 Å². The Labute approximate surface area is 143 Å². The van der Waals surface area contributed by atoms with Crippen molar-refractivity contribution in [2.45, 2.75) is 45.6 Å². The van der Waals surface area contributed by atoms with E-state index in [4.69, 9.17) is 0 Å². The number of carboxylic acids is 1. The van der Waals surface area contributed by atoms with Crippen LogP contribution < -0.4 is 10.6 Å². The van der Waals surface area contributed by atoms with Crippen LogP contribution in [0.4, 0.5) is 4.79 Å². The topological polar surface area (TPSA) is 98.7 Å². The van der Waals surface area contributed by atoms with Crippen molar-refractivity contribution in [2.24, 2.45) is 11.8 Å². The summed E-state index contributed by atoms with van der Waals surface area (Å²) in [5.41, 5.74) is 0. The number of nitrogens with one attached hydrogen (secondary N) is 2. The van der Waals surface area contributed by atoms with Crippen LogP contribution in [0.5, 0.6) is 0 Å². The third-order valence-electron chi connectivity index (χ3n) is 4.01. The number of aliphatic carboxylic acids is 1. The molecule has 1 heterocycles. The molecule has 1 rings (SSSR count). The second-order valence-corrected chi connectivity index (χ2v) is 6.63. The molecule has 1 saturated heterocycles. The number of carbonyl (C=O) groups excluding carboxylic acids is 2. The van der Waals surface area contributed by atoms with Crippen molar-refractivity contribution < 1.29 is 19.5 Å². The summed E-state index contributed by atoms with van der Waals surface area (Å²) in [5.74, 6) is -1.35. The molecule has 0 bridgehead atoms. The molecule has 3 N–H and O–H groups in total. The summed E-state index contributed by atoms with van der Waals surface area (Å²) in [6, 6.07) is -1.08. The Kier molecular flexibility index (Phi) is 8.29. The Morgan fingerprint density at radius 1 is 1.38 bits per heavy atom. The minimum atomic E-state index is -1.05. The van der Waals surface area contributed by atoms with Gasteiger partial charge in [0.2, 0.25) is 5.91 Å². The van der Waals surface area contributed by atoms with E-state index >= 15 is 0 Å². The molecule has 0 radical (unpaired) electrons. The number of amides is 3. The summed E-state index contributed by atoms with van der Waals surface area (Å²) in [6.45, 7) is 9.13. The van der Waals surface area contributed by atoms with Crippen LogP contribution in [-0.2, 0) is 9.59 Å². The maximum Gasteiger partial charge on any atom is 0.326 e. The highest BCUT2D eigenvalue weighted by molar-refractivity contribution is 5.85. The minimum Gasteiger partial charge on any atom is -0.480 e. The van der Waals surface area contributed by atoms with Crippen molar-refractivity contribution >= 4 is 17.9 Å². The van der Waals surface area contributed by atoms with Crippen LogP contribution in [0, 0.1) is 11.8 Å². The highest BCUT2D eigenvalue weighted by Crippen LogP contribution is 2.17. The third-order valence-corrected chi connectivity index (χ3v) is 4.01. The standard InChI is InChI=1S/C17H29N3O4/c1-4-5-8-14(16(22)23)19-15(21)13-7-6-9-20(11-13)17(24)18-10-12(2)3/h4,12-14H,1,5-11H2,2-3H3,(H,18,24)(H,19,21)(H,22,23). The van der Waals surface area contributed by atoms with E-state index in [1.807, 2.05) is 13.8 Å². The molecule has 0 aromatic heterocycles. The smallest absolute Gasteiger partial charge is 0.326 e. The van der Waals surface area contributed by atoms with Gasteiger partial charge in [-0.25, -0.2) is 9.59 Å². The summed E-state index contributed by atoms with van der Waals surface area (Å²) in [4.78, 5) is 37.3. The van der Waals surface area contributed by atoms with Gasteiger partial charge in [-0.2, -0.15) is 0 Å². The predicted molar refractivity (Wildman–Crippen MR) is 91.5 cm³/mol. The number of likely N-dealkylation sites (tertiary alicyclic amines) is 1. The summed E-state index contributed by atoms with van der Waals surface area (Å²) < 4.78 is 0. The summed E-state index contributed by atoms with van der Waals surface area (Å²) in [5, 5.41) is 14.6. The molecule has 0 saturated carbocycles. The lowest BCUT2D eigenvalue weighted by molar-refractivity contribution is -0.142. The SMILES string of the molecule is C=CCCC(NC(=O)C1CCCN(C(=O)NCC(C)C)C1)C(=O)O. The Hall–Kier alpha value is -2.05. The van der Waals surface area contributed by atoms with Crippen LogP contribution in [0.15, 0.2) is 12.7 Å². The van der Waals surface area contributed by atoms with E-state index in [1.54, 1.807) is 11.0 Å². The van der Waals surface area contributed by atoms with Gasteiger partial charge >= 0.3 is 12.0 Å². The number of urea groups is 1. The molecule has 3 amide bonds. The fourth-order valence-corrected chi connectivity index (χ4v) is 2.61. The predicted octanol–water partition coefficient (Wildman–Crippen LogP) is 1.60. The van der Waals surface area contributed by atoms with E-state index in [1.165, 1.54) is 0 Å². The number of allylic oxidation sites excluding steroid dienone is 1. The summed E-state index contributed by atoms with van der Waals surface area (Å²) in [7, 11) is 0. The second-order valence-electron chi connectivity index (χ2n) is 6.63. The number of carbonyl (C=O) groups is 3. The van der Waals surface area contributed by atoms with Crippen LogP contribution in [0.25, 0.3) is 0 Å². The first-order chi connectivity index (χ1) is 11.3. The van der Waals surface area contributed by atoms with Gasteiger partial charge < -0.3 is 20.6 Å².